The first-order valence-electron chi connectivity index (χ1n) is 4.30. The predicted octanol–water partition coefficient (Wildman–Crippen LogP) is 2.10. The zero-order valence-corrected chi connectivity index (χ0v) is 7.33. The van der Waals surface area contributed by atoms with E-state index < -0.39 is 0 Å². The Morgan fingerprint density at radius 1 is 1.36 bits per heavy atom. The van der Waals surface area contributed by atoms with Gasteiger partial charge < -0.3 is 5.73 Å². The number of hydrogen-bond donors (Lipinski definition) is 1. The molecule has 11 heavy (non-hydrogen) atoms. The van der Waals surface area contributed by atoms with Crippen molar-refractivity contribution in [1.82, 2.24) is 0 Å². The van der Waals surface area contributed by atoms with E-state index in [0.717, 1.165) is 6.42 Å². The third-order valence-electron chi connectivity index (χ3n) is 2.20. The molecule has 2 unspecified atom stereocenters. The molecular formula is C10H17N. The SMILES string of the molecule is CC1C=CC=CC1C[C@H](C)N. The number of rotatable bonds is 2. The maximum atomic E-state index is 5.73. The van der Waals surface area contributed by atoms with Crippen LogP contribution < -0.4 is 5.73 Å². The summed E-state index contributed by atoms with van der Waals surface area (Å²) in [4.78, 5) is 0. The maximum absolute atomic E-state index is 5.73. The Kier molecular flexibility index (Phi) is 2.89. The van der Waals surface area contributed by atoms with Crippen molar-refractivity contribution in [2.45, 2.75) is 26.3 Å². The molecule has 0 aromatic carbocycles. The molecule has 1 nitrogen and oxygen atoms in total. The van der Waals surface area contributed by atoms with Gasteiger partial charge in [0.05, 0.1) is 0 Å². The molecule has 0 saturated carbocycles. The van der Waals surface area contributed by atoms with E-state index in [-0.39, 0.29) is 0 Å². The van der Waals surface area contributed by atoms with E-state index in [4.69, 9.17) is 5.73 Å². The fourth-order valence-electron chi connectivity index (χ4n) is 1.49. The zero-order valence-electron chi connectivity index (χ0n) is 7.33. The Hall–Kier alpha value is -0.560. The summed E-state index contributed by atoms with van der Waals surface area (Å²) in [6.07, 6.45) is 9.83. The highest BCUT2D eigenvalue weighted by atomic mass is 14.6. The van der Waals surface area contributed by atoms with Crippen LogP contribution in [0.1, 0.15) is 20.3 Å². The molecule has 0 heterocycles. The molecule has 0 aromatic heterocycles. The Bertz CT molecular complexity index is 168. The Balaban J connectivity index is 2.45. The average Bonchev–Trinajstić information content (AvgIpc) is 1.93. The normalized spacial score (nSPS) is 32.3. The van der Waals surface area contributed by atoms with Crippen molar-refractivity contribution in [3.05, 3.63) is 24.3 Å². The molecule has 0 radical (unpaired) electrons. The fraction of sp³-hybridized carbons (Fsp3) is 0.600. The standard InChI is InChI=1S/C10H17N/c1-8-5-3-4-6-10(8)7-9(2)11/h3-6,8-10H,7,11H2,1-2H3/t8?,9-,10?/m0/s1. The summed E-state index contributed by atoms with van der Waals surface area (Å²) in [6, 6.07) is 0.318. The molecule has 0 aliphatic heterocycles. The quantitative estimate of drug-likeness (QED) is 0.642. The van der Waals surface area contributed by atoms with Crippen molar-refractivity contribution in [3.63, 3.8) is 0 Å². The predicted molar refractivity (Wildman–Crippen MR) is 49.2 cm³/mol. The first-order chi connectivity index (χ1) is 5.20. The molecule has 0 amide bonds. The second-order valence-corrected chi connectivity index (χ2v) is 3.51. The van der Waals surface area contributed by atoms with Crippen molar-refractivity contribution in [2.24, 2.45) is 17.6 Å². The molecule has 0 fully saturated rings. The number of hydrogen-bond acceptors (Lipinski definition) is 1. The van der Waals surface area contributed by atoms with Gasteiger partial charge in [0.1, 0.15) is 0 Å². The van der Waals surface area contributed by atoms with Gasteiger partial charge in [0.15, 0.2) is 0 Å². The summed E-state index contributed by atoms with van der Waals surface area (Å²) in [6.45, 7) is 4.31. The minimum Gasteiger partial charge on any atom is -0.328 e. The van der Waals surface area contributed by atoms with E-state index in [2.05, 4.69) is 38.2 Å². The molecule has 1 heteroatoms. The number of nitrogens with two attached hydrogens (primary N) is 1. The van der Waals surface area contributed by atoms with Gasteiger partial charge in [-0.1, -0.05) is 31.2 Å². The Morgan fingerprint density at radius 2 is 2.00 bits per heavy atom. The van der Waals surface area contributed by atoms with E-state index in [1.165, 1.54) is 0 Å². The van der Waals surface area contributed by atoms with Crippen molar-refractivity contribution in [2.75, 3.05) is 0 Å². The smallest absolute Gasteiger partial charge is 0.00163 e. The Labute approximate surface area is 69.0 Å². The molecule has 1 aliphatic rings. The van der Waals surface area contributed by atoms with Gasteiger partial charge in [-0.3, -0.25) is 0 Å². The fourth-order valence-corrected chi connectivity index (χ4v) is 1.49. The molecule has 1 aliphatic carbocycles. The van der Waals surface area contributed by atoms with Crippen molar-refractivity contribution < 1.29 is 0 Å². The summed E-state index contributed by atoms with van der Waals surface area (Å²) in [5.41, 5.74) is 5.73. The second-order valence-electron chi connectivity index (χ2n) is 3.51. The van der Waals surface area contributed by atoms with Gasteiger partial charge in [-0.05, 0) is 25.2 Å². The molecule has 0 aromatic rings. The van der Waals surface area contributed by atoms with Crippen LogP contribution in [0.5, 0.6) is 0 Å². The molecule has 1 rings (SSSR count). The molecule has 0 spiro atoms. The zero-order chi connectivity index (χ0) is 8.27. The molecule has 0 bridgehead atoms. The summed E-state index contributed by atoms with van der Waals surface area (Å²) < 4.78 is 0. The van der Waals surface area contributed by atoms with Crippen LogP contribution in [0.25, 0.3) is 0 Å². The summed E-state index contributed by atoms with van der Waals surface area (Å²) in [5.74, 6) is 1.31. The second kappa shape index (κ2) is 3.72. The van der Waals surface area contributed by atoms with Gasteiger partial charge in [0, 0.05) is 6.04 Å². The Morgan fingerprint density at radius 3 is 2.55 bits per heavy atom. The summed E-state index contributed by atoms with van der Waals surface area (Å²) in [7, 11) is 0. The monoisotopic (exact) mass is 151 g/mol. The third kappa shape index (κ3) is 2.51. The van der Waals surface area contributed by atoms with Crippen molar-refractivity contribution in [3.8, 4) is 0 Å². The lowest BCUT2D eigenvalue weighted by molar-refractivity contribution is 0.437. The first-order valence-corrected chi connectivity index (χ1v) is 4.30. The van der Waals surface area contributed by atoms with Crippen LogP contribution in [0.3, 0.4) is 0 Å². The molecule has 3 atom stereocenters. The van der Waals surface area contributed by atoms with Gasteiger partial charge >= 0.3 is 0 Å². The average molecular weight is 151 g/mol. The van der Waals surface area contributed by atoms with Gasteiger partial charge in [-0.15, -0.1) is 0 Å². The topological polar surface area (TPSA) is 26.0 Å². The van der Waals surface area contributed by atoms with Gasteiger partial charge in [0.2, 0.25) is 0 Å². The van der Waals surface area contributed by atoms with Crippen LogP contribution in [0, 0.1) is 11.8 Å². The van der Waals surface area contributed by atoms with Crippen LogP contribution in [0.4, 0.5) is 0 Å². The van der Waals surface area contributed by atoms with Crippen molar-refractivity contribution >= 4 is 0 Å². The lowest BCUT2D eigenvalue weighted by Gasteiger charge is -2.21. The lowest BCUT2D eigenvalue weighted by atomic mass is 9.85. The van der Waals surface area contributed by atoms with E-state index >= 15 is 0 Å². The maximum Gasteiger partial charge on any atom is 0.00163 e. The lowest BCUT2D eigenvalue weighted by Crippen LogP contribution is -2.22. The van der Waals surface area contributed by atoms with Gasteiger partial charge in [-0.2, -0.15) is 0 Å². The van der Waals surface area contributed by atoms with Crippen LogP contribution in [-0.4, -0.2) is 6.04 Å². The van der Waals surface area contributed by atoms with Gasteiger partial charge in [0.25, 0.3) is 0 Å². The summed E-state index contributed by atoms with van der Waals surface area (Å²) >= 11 is 0. The molecule has 0 saturated heterocycles. The third-order valence-corrected chi connectivity index (χ3v) is 2.20. The highest BCUT2D eigenvalue weighted by molar-refractivity contribution is 5.13. The first kappa shape index (κ1) is 8.54. The van der Waals surface area contributed by atoms with Crippen LogP contribution in [0.2, 0.25) is 0 Å². The molecular weight excluding hydrogens is 134 g/mol. The van der Waals surface area contributed by atoms with E-state index in [9.17, 15) is 0 Å². The minimum atomic E-state index is 0.318. The van der Waals surface area contributed by atoms with Gasteiger partial charge in [-0.25, -0.2) is 0 Å². The van der Waals surface area contributed by atoms with Crippen LogP contribution in [-0.2, 0) is 0 Å². The van der Waals surface area contributed by atoms with Crippen molar-refractivity contribution in [1.29, 1.82) is 0 Å². The largest absolute Gasteiger partial charge is 0.328 e. The molecule has 62 valence electrons. The minimum absolute atomic E-state index is 0.318. The van der Waals surface area contributed by atoms with E-state index in [1.807, 2.05) is 0 Å². The highest BCUT2D eigenvalue weighted by Gasteiger charge is 2.14. The van der Waals surface area contributed by atoms with Crippen LogP contribution in [0.15, 0.2) is 24.3 Å². The number of allylic oxidation sites excluding steroid dienone is 4. The summed E-state index contributed by atoms with van der Waals surface area (Å²) in [5, 5.41) is 0. The molecule has 2 N–H and O–H groups in total. The highest BCUT2D eigenvalue weighted by Crippen LogP contribution is 2.22. The van der Waals surface area contributed by atoms with Crippen LogP contribution >= 0.6 is 0 Å². The van der Waals surface area contributed by atoms with E-state index in [1.54, 1.807) is 0 Å². The van der Waals surface area contributed by atoms with E-state index in [0.29, 0.717) is 17.9 Å².